The van der Waals surface area contributed by atoms with E-state index in [1.165, 1.54) is 114 Å². The maximum absolute atomic E-state index is 2.52. The predicted molar refractivity (Wildman–Crippen MR) is 296 cm³/mol. The van der Waals surface area contributed by atoms with Crippen molar-refractivity contribution in [2.75, 3.05) is 4.90 Å². The van der Waals surface area contributed by atoms with Crippen LogP contribution in [0.1, 0.15) is 48.9 Å². The molecule has 1 aliphatic rings. The summed E-state index contributed by atoms with van der Waals surface area (Å²) in [7, 11) is 0. The molecule has 68 heavy (non-hydrogen) atoms. The molecule has 0 saturated heterocycles. The summed E-state index contributed by atoms with van der Waals surface area (Å²) in [5.74, 6) is 0. The minimum atomic E-state index is -0.135. The average Bonchev–Trinajstić information content (AvgIpc) is 4.11. The largest absolute Gasteiger partial charge is 0.293 e. The van der Waals surface area contributed by atoms with Gasteiger partial charge in [0, 0.05) is 20.5 Å². The molecule has 0 spiro atoms. The molecule has 0 aliphatic heterocycles. The van der Waals surface area contributed by atoms with Crippen molar-refractivity contribution in [3.63, 3.8) is 0 Å². The van der Waals surface area contributed by atoms with Gasteiger partial charge in [0.15, 0.2) is 0 Å². The van der Waals surface area contributed by atoms with E-state index in [0.717, 1.165) is 12.8 Å². The summed E-state index contributed by atoms with van der Waals surface area (Å²) in [6.07, 6.45) is 6.73. The Balaban J connectivity index is 1.01. The first-order valence-electron chi connectivity index (χ1n) is 23.8. The summed E-state index contributed by atoms with van der Waals surface area (Å²) in [6, 6.07) is 82.9. The van der Waals surface area contributed by atoms with Crippen LogP contribution in [0, 0.1) is 0 Å². The molecule has 12 rings (SSSR count). The number of hydrogen-bond acceptors (Lipinski definition) is 3. The number of benzene rings is 9. The van der Waals surface area contributed by atoms with Gasteiger partial charge in [-0.05, 0) is 144 Å². The highest BCUT2D eigenvalue weighted by Crippen LogP contribution is 2.56. The first-order chi connectivity index (χ1) is 33.6. The van der Waals surface area contributed by atoms with Gasteiger partial charge in [0.25, 0.3) is 0 Å². The van der Waals surface area contributed by atoms with Gasteiger partial charge >= 0.3 is 0 Å². The monoisotopic (exact) mass is 907 g/mol. The van der Waals surface area contributed by atoms with Crippen molar-refractivity contribution in [1.29, 1.82) is 0 Å². The van der Waals surface area contributed by atoms with Crippen LogP contribution < -0.4 is 4.90 Å². The van der Waals surface area contributed by atoms with Crippen molar-refractivity contribution in [1.82, 2.24) is 0 Å². The molecule has 1 aliphatic carbocycles. The molecule has 0 N–H and O–H groups in total. The topological polar surface area (TPSA) is 3.24 Å². The van der Waals surface area contributed by atoms with Crippen LogP contribution in [0.5, 0.6) is 0 Å². The standard InChI is InChI=1S/C65H49NS2/c1-3-65(4-2)56-39-44(34-37-53(56)54-38-36-52(43-57(54)65)66(60-41-49-29-17-19-31-58(49)67-60)61-42-50-30-18-20-32-59(50)68-61)33-35-51-40-55(45-21-9-5-10-22-45)63(47-25-13-7-14-26-47)64(48-27-15-8-16-28-48)62(51)46-23-11-6-12-24-46/h5-43H,3-4H2,1-2H3. The second kappa shape index (κ2) is 17.6. The van der Waals surface area contributed by atoms with Gasteiger partial charge in [0.05, 0.1) is 0 Å². The minimum absolute atomic E-state index is 0.135. The van der Waals surface area contributed by atoms with Gasteiger partial charge in [-0.15, -0.1) is 22.7 Å². The molecule has 2 heterocycles. The SMILES string of the molecule is CCC1(CC)c2cc(C=Cc3cc(-c4ccccc4)c(-c4ccccc4)c(-c4ccccc4)c3-c3ccccc3)ccc2-c2ccc(N(c3cc4ccccc4s3)c3cc4ccccc4s3)cc21. The normalized spacial score (nSPS) is 12.7. The summed E-state index contributed by atoms with van der Waals surface area (Å²) in [5.41, 5.74) is 18.7. The van der Waals surface area contributed by atoms with Gasteiger partial charge in [0.2, 0.25) is 0 Å². The Morgan fingerprint density at radius 1 is 0.397 bits per heavy atom. The Kier molecular flexibility index (Phi) is 10.8. The lowest BCUT2D eigenvalue weighted by Crippen LogP contribution is -2.23. The number of anilines is 3. The average molecular weight is 908 g/mol. The quantitative estimate of drug-likeness (QED) is 0.117. The molecular formula is C65H49NS2. The molecule has 11 aromatic rings. The number of fused-ring (bicyclic) bond motifs is 5. The maximum atomic E-state index is 2.52. The van der Waals surface area contributed by atoms with Gasteiger partial charge in [-0.25, -0.2) is 0 Å². The zero-order valence-corrected chi connectivity index (χ0v) is 39.8. The summed E-state index contributed by atoms with van der Waals surface area (Å²) >= 11 is 3.73. The lowest BCUT2D eigenvalue weighted by molar-refractivity contribution is 0.490. The van der Waals surface area contributed by atoms with Crippen molar-refractivity contribution in [3.05, 3.63) is 247 Å². The summed E-state index contributed by atoms with van der Waals surface area (Å²) in [5, 5.41) is 5.02. The number of thiophene rings is 2. The fourth-order valence-corrected chi connectivity index (χ4v) is 13.1. The fraction of sp³-hybridized carbons (Fsp3) is 0.0769. The number of nitrogens with zero attached hydrogens (tertiary/aromatic N) is 1. The first kappa shape index (κ1) is 41.8. The van der Waals surface area contributed by atoms with Crippen LogP contribution in [0.2, 0.25) is 0 Å². The molecule has 0 bridgehead atoms. The fourth-order valence-electron chi connectivity index (χ4n) is 10.9. The van der Waals surface area contributed by atoms with E-state index < -0.39 is 0 Å². The van der Waals surface area contributed by atoms with E-state index in [-0.39, 0.29) is 5.41 Å². The zero-order valence-electron chi connectivity index (χ0n) is 38.2. The molecule has 0 saturated carbocycles. The van der Waals surface area contributed by atoms with Crippen LogP contribution in [-0.2, 0) is 5.41 Å². The van der Waals surface area contributed by atoms with Crippen molar-refractivity contribution < 1.29 is 0 Å². The van der Waals surface area contributed by atoms with Gasteiger partial charge in [0.1, 0.15) is 10.0 Å². The molecule has 0 fully saturated rings. The molecule has 326 valence electrons. The predicted octanol–water partition coefficient (Wildman–Crippen LogP) is 19.5. The highest BCUT2D eigenvalue weighted by atomic mass is 32.1. The molecule has 2 aromatic heterocycles. The number of rotatable bonds is 11. The Morgan fingerprint density at radius 2 is 0.868 bits per heavy atom. The smallest absolute Gasteiger partial charge is 0.102 e. The Labute approximate surface area is 407 Å². The number of hydrogen-bond donors (Lipinski definition) is 0. The van der Waals surface area contributed by atoms with E-state index >= 15 is 0 Å². The summed E-state index contributed by atoms with van der Waals surface area (Å²) in [6.45, 7) is 4.76. The Morgan fingerprint density at radius 3 is 1.41 bits per heavy atom. The van der Waals surface area contributed by atoms with E-state index in [1.54, 1.807) is 0 Å². The van der Waals surface area contributed by atoms with Crippen molar-refractivity contribution in [2.45, 2.75) is 32.1 Å². The highest BCUT2D eigenvalue weighted by Gasteiger charge is 2.41. The van der Waals surface area contributed by atoms with Gasteiger partial charge in [-0.1, -0.05) is 208 Å². The lowest BCUT2D eigenvalue weighted by atomic mass is 9.73. The third-order valence-corrected chi connectivity index (χ3v) is 16.4. The molecule has 1 nitrogen and oxygen atoms in total. The molecule has 3 heteroatoms. The van der Waals surface area contributed by atoms with E-state index in [0.29, 0.717) is 0 Å². The maximum Gasteiger partial charge on any atom is 0.102 e. The molecule has 0 amide bonds. The Bertz CT molecular complexity index is 3490. The zero-order chi connectivity index (χ0) is 45.6. The van der Waals surface area contributed by atoms with E-state index in [1.807, 2.05) is 22.7 Å². The molecule has 0 radical (unpaired) electrons. The third kappa shape index (κ3) is 7.22. The van der Waals surface area contributed by atoms with Crippen LogP contribution >= 0.6 is 22.7 Å². The summed E-state index contributed by atoms with van der Waals surface area (Å²) in [4.78, 5) is 2.50. The minimum Gasteiger partial charge on any atom is -0.293 e. The van der Waals surface area contributed by atoms with Gasteiger partial charge in [-0.2, -0.15) is 0 Å². The molecule has 0 unspecified atom stereocenters. The molecule has 9 aromatic carbocycles. The van der Waals surface area contributed by atoms with Crippen LogP contribution in [-0.4, -0.2) is 0 Å². The van der Waals surface area contributed by atoms with Gasteiger partial charge < -0.3 is 0 Å². The second-order valence-electron chi connectivity index (χ2n) is 17.8. The van der Waals surface area contributed by atoms with Crippen LogP contribution in [0.15, 0.2) is 224 Å². The van der Waals surface area contributed by atoms with Crippen molar-refractivity contribution >= 4 is 70.7 Å². The van der Waals surface area contributed by atoms with Crippen LogP contribution in [0.25, 0.3) is 88.0 Å². The second-order valence-corrected chi connectivity index (χ2v) is 20.0. The van der Waals surface area contributed by atoms with Gasteiger partial charge in [-0.3, -0.25) is 4.90 Å². The van der Waals surface area contributed by atoms with Crippen LogP contribution in [0.3, 0.4) is 0 Å². The Hall–Kier alpha value is -7.56. The van der Waals surface area contributed by atoms with Crippen molar-refractivity contribution in [2.24, 2.45) is 0 Å². The lowest BCUT2D eigenvalue weighted by Gasteiger charge is -2.31. The van der Waals surface area contributed by atoms with Crippen molar-refractivity contribution in [3.8, 4) is 55.6 Å². The van der Waals surface area contributed by atoms with E-state index in [4.69, 9.17) is 0 Å². The highest BCUT2D eigenvalue weighted by molar-refractivity contribution is 7.25. The van der Waals surface area contributed by atoms with E-state index in [2.05, 4.69) is 255 Å². The molecular weight excluding hydrogens is 859 g/mol. The molecule has 0 atom stereocenters. The first-order valence-corrected chi connectivity index (χ1v) is 25.4. The van der Waals surface area contributed by atoms with Crippen LogP contribution in [0.4, 0.5) is 15.7 Å². The third-order valence-electron chi connectivity index (χ3n) is 14.2. The van der Waals surface area contributed by atoms with E-state index in [9.17, 15) is 0 Å². The summed E-state index contributed by atoms with van der Waals surface area (Å²) < 4.78 is 2.60.